The zero-order chi connectivity index (χ0) is 19.4. The monoisotopic (exact) mass is 494 g/mol. The number of nitrogens with zero attached hydrogens (tertiary/aromatic N) is 1. The minimum Gasteiger partial charge on any atom is -0.347 e. The number of rotatable bonds is 6. The smallest absolute Gasteiger partial charge is 0.268 e. The van der Waals surface area contributed by atoms with Crippen LogP contribution in [-0.4, -0.2) is 25.1 Å². The van der Waals surface area contributed by atoms with Crippen LogP contribution in [-0.2, 0) is 22.1 Å². The standard InChI is InChI=1S/C20H19IN2O3S/c1-27(25,26)14-16-9-7-15(8-10-16)13-22-20(24)19-6-3-11-23(19)18-5-2-4-17(21)12-18/h2-12H,13-14H2,1H3,(H,22,24). The van der Waals surface area contributed by atoms with Crippen molar-refractivity contribution in [2.75, 3.05) is 6.26 Å². The second-order valence-corrected chi connectivity index (χ2v) is 9.70. The SMILES string of the molecule is CS(=O)(=O)Cc1ccc(CNC(=O)c2cccn2-c2cccc(I)c2)cc1. The Morgan fingerprint density at radius 3 is 2.41 bits per heavy atom. The Morgan fingerprint density at radius 2 is 1.74 bits per heavy atom. The molecule has 0 aliphatic heterocycles. The lowest BCUT2D eigenvalue weighted by molar-refractivity contribution is 0.0944. The molecule has 1 aromatic heterocycles. The van der Waals surface area contributed by atoms with E-state index in [0.29, 0.717) is 12.2 Å². The van der Waals surface area contributed by atoms with Crippen LogP contribution in [0.2, 0.25) is 0 Å². The Morgan fingerprint density at radius 1 is 1.04 bits per heavy atom. The fourth-order valence-corrected chi connectivity index (χ4v) is 4.07. The molecule has 3 rings (SSSR count). The molecule has 0 unspecified atom stereocenters. The van der Waals surface area contributed by atoms with E-state index in [-0.39, 0.29) is 11.7 Å². The highest BCUT2D eigenvalue weighted by Gasteiger charge is 2.12. The number of carbonyl (C=O) groups excluding carboxylic acids is 1. The number of hydrogen-bond acceptors (Lipinski definition) is 3. The van der Waals surface area contributed by atoms with Crippen molar-refractivity contribution in [3.05, 3.63) is 87.3 Å². The summed E-state index contributed by atoms with van der Waals surface area (Å²) >= 11 is 2.24. The molecule has 0 fully saturated rings. The first-order valence-electron chi connectivity index (χ1n) is 8.29. The Labute approximate surface area is 172 Å². The van der Waals surface area contributed by atoms with E-state index in [1.807, 2.05) is 53.2 Å². The van der Waals surface area contributed by atoms with E-state index in [9.17, 15) is 13.2 Å². The zero-order valence-electron chi connectivity index (χ0n) is 14.7. The van der Waals surface area contributed by atoms with Crippen LogP contribution >= 0.6 is 22.6 Å². The molecule has 3 aromatic rings. The molecule has 1 N–H and O–H groups in total. The topological polar surface area (TPSA) is 68.2 Å². The maximum atomic E-state index is 12.6. The zero-order valence-corrected chi connectivity index (χ0v) is 17.7. The number of sulfone groups is 1. The van der Waals surface area contributed by atoms with Crippen LogP contribution in [0.4, 0.5) is 0 Å². The van der Waals surface area contributed by atoms with Crippen molar-refractivity contribution in [3.63, 3.8) is 0 Å². The normalized spacial score (nSPS) is 11.3. The summed E-state index contributed by atoms with van der Waals surface area (Å²) in [6, 6.07) is 18.8. The third-order valence-electron chi connectivity index (χ3n) is 3.97. The number of carbonyl (C=O) groups is 1. The van der Waals surface area contributed by atoms with Gasteiger partial charge in [-0.05, 0) is 64.0 Å². The summed E-state index contributed by atoms with van der Waals surface area (Å²) in [5, 5.41) is 2.91. The molecule has 0 atom stereocenters. The minimum atomic E-state index is -3.05. The van der Waals surface area contributed by atoms with Crippen molar-refractivity contribution in [1.29, 1.82) is 0 Å². The van der Waals surface area contributed by atoms with Gasteiger partial charge >= 0.3 is 0 Å². The summed E-state index contributed by atoms with van der Waals surface area (Å²) in [5.41, 5.74) is 3.14. The highest BCUT2D eigenvalue weighted by molar-refractivity contribution is 14.1. The maximum absolute atomic E-state index is 12.6. The highest BCUT2D eigenvalue weighted by Crippen LogP contribution is 2.16. The molecule has 5 nitrogen and oxygen atoms in total. The number of nitrogens with one attached hydrogen (secondary N) is 1. The van der Waals surface area contributed by atoms with Gasteiger partial charge in [-0.2, -0.15) is 0 Å². The lowest BCUT2D eigenvalue weighted by Gasteiger charge is -2.11. The van der Waals surface area contributed by atoms with Crippen LogP contribution in [0.25, 0.3) is 5.69 Å². The predicted octanol–water partition coefficient (Wildman–Crippen LogP) is 3.56. The van der Waals surface area contributed by atoms with Gasteiger partial charge in [0.05, 0.1) is 5.75 Å². The van der Waals surface area contributed by atoms with Crippen molar-refractivity contribution in [1.82, 2.24) is 9.88 Å². The van der Waals surface area contributed by atoms with Gasteiger partial charge in [0.2, 0.25) is 0 Å². The number of amides is 1. The highest BCUT2D eigenvalue weighted by atomic mass is 127. The van der Waals surface area contributed by atoms with E-state index < -0.39 is 9.84 Å². The van der Waals surface area contributed by atoms with Gasteiger partial charge in [-0.1, -0.05) is 30.3 Å². The molecule has 1 amide bonds. The Hall–Kier alpha value is -2.13. The number of aromatic nitrogens is 1. The first-order chi connectivity index (χ1) is 12.8. The molecule has 27 heavy (non-hydrogen) atoms. The first kappa shape index (κ1) is 19.6. The fourth-order valence-electron chi connectivity index (χ4n) is 2.75. The van der Waals surface area contributed by atoms with Crippen molar-refractivity contribution in [3.8, 4) is 5.69 Å². The van der Waals surface area contributed by atoms with Crippen LogP contribution in [0.1, 0.15) is 21.6 Å². The largest absolute Gasteiger partial charge is 0.347 e. The summed E-state index contributed by atoms with van der Waals surface area (Å²) in [7, 11) is -3.05. The van der Waals surface area contributed by atoms with Gasteiger partial charge in [0, 0.05) is 28.3 Å². The van der Waals surface area contributed by atoms with E-state index in [1.54, 1.807) is 18.2 Å². The summed E-state index contributed by atoms with van der Waals surface area (Å²) in [5.74, 6) is -0.151. The molecule has 0 aliphatic rings. The predicted molar refractivity (Wildman–Crippen MR) is 115 cm³/mol. The van der Waals surface area contributed by atoms with Crippen molar-refractivity contribution < 1.29 is 13.2 Å². The molecule has 2 aromatic carbocycles. The van der Waals surface area contributed by atoms with Gasteiger partial charge < -0.3 is 9.88 Å². The average Bonchev–Trinajstić information content (AvgIpc) is 3.09. The van der Waals surface area contributed by atoms with Gasteiger partial charge in [0.25, 0.3) is 5.91 Å². The molecule has 0 radical (unpaired) electrons. The molecule has 0 bridgehead atoms. The van der Waals surface area contributed by atoms with Gasteiger partial charge in [-0.15, -0.1) is 0 Å². The molecule has 0 saturated carbocycles. The summed E-state index contributed by atoms with van der Waals surface area (Å²) < 4.78 is 25.6. The van der Waals surface area contributed by atoms with Crippen LogP contribution in [0.15, 0.2) is 66.9 Å². The summed E-state index contributed by atoms with van der Waals surface area (Å²) in [4.78, 5) is 12.6. The minimum absolute atomic E-state index is 0.0169. The molecule has 0 saturated heterocycles. The lowest BCUT2D eigenvalue weighted by atomic mass is 10.1. The van der Waals surface area contributed by atoms with Crippen LogP contribution < -0.4 is 5.32 Å². The van der Waals surface area contributed by atoms with E-state index in [0.717, 1.165) is 20.4 Å². The summed E-state index contributed by atoms with van der Waals surface area (Å²) in [6.45, 7) is 0.371. The van der Waals surface area contributed by atoms with Crippen molar-refractivity contribution >= 4 is 38.3 Å². The molecular weight excluding hydrogens is 475 g/mol. The second kappa shape index (κ2) is 8.26. The van der Waals surface area contributed by atoms with Gasteiger partial charge in [0.15, 0.2) is 9.84 Å². The van der Waals surface area contributed by atoms with Crippen molar-refractivity contribution in [2.24, 2.45) is 0 Å². The van der Waals surface area contributed by atoms with Gasteiger partial charge in [-0.3, -0.25) is 4.79 Å². The van der Waals surface area contributed by atoms with E-state index in [1.165, 1.54) is 6.26 Å². The molecule has 0 aliphatic carbocycles. The molecule has 140 valence electrons. The molecule has 7 heteroatoms. The lowest BCUT2D eigenvalue weighted by Crippen LogP contribution is -2.25. The van der Waals surface area contributed by atoms with E-state index in [2.05, 4.69) is 27.9 Å². The Kier molecular flexibility index (Phi) is 6.01. The second-order valence-electron chi connectivity index (χ2n) is 6.31. The molecular formula is C20H19IN2O3S. The van der Waals surface area contributed by atoms with E-state index >= 15 is 0 Å². The third kappa shape index (κ3) is 5.43. The molecule has 0 spiro atoms. The number of hydrogen-bond donors (Lipinski definition) is 1. The fraction of sp³-hybridized carbons (Fsp3) is 0.150. The van der Waals surface area contributed by atoms with Crippen LogP contribution in [0.5, 0.6) is 0 Å². The van der Waals surface area contributed by atoms with Crippen LogP contribution in [0.3, 0.4) is 0 Å². The van der Waals surface area contributed by atoms with Crippen molar-refractivity contribution in [2.45, 2.75) is 12.3 Å². The quantitative estimate of drug-likeness (QED) is 0.533. The van der Waals surface area contributed by atoms with Crippen LogP contribution in [0, 0.1) is 3.57 Å². The number of halogens is 1. The Bertz CT molecular complexity index is 1060. The maximum Gasteiger partial charge on any atom is 0.268 e. The Balaban J connectivity index is 1.68. The van der Waals surface area contributed by atoms with E-state index in [4.69, 9.17) is 0 Å². The number of benzene rings is 2. The summed E-state index contributed by atoms with van der Waals surface area (Å²) in [6.07, 6.45) is 3.07. The van der Waals surface area contributed by atoms with Gasteiger partial charge in [0.1, 0.15) is 5.69 Å². The van der Waals surface area contributed by atoms with Gasteiger partial charge in [-0.25, -0.2) is 8.42 Å². The average molecular weight is 494 g/mol. The first-order valence-corrected chi connectivity index (χ1v) is 11.4. The third-order valence-corrected chi connectivity index (χ3v) is 5.50. The molecule has 1 heterocycles.